The van der Waals surface area contributed by atoms with E-state index in [4.69, 9.17) is 4.74 Å². The van der Waals surface area contributed by atoms with Gasteiger partial charge in [-0.1, -0.05) is 48.7 Å². The van der Waals surface area contributed by atoms with Crippen molar-refractivity contribution in [3.63, 3.8) is 0 Å². The SMILES string of the molecule is [V+2].[c-]1ccc2cccc(OCc3ccccc3)c2n1. The third-order valence-electron chi connectivity index (χ3n) is 2.78. The van der Waals surface area contributed by atoms with E-state index < -0.39 is 0 Å². The zero-order valence-corrected chi connectivity index (χ0v) is 11.7. The van der Waals surface area contributed by atoms with Gasteiger partial charge in [-0.2, -0.15) is 12.1 Å². The molecule has 0 aliphatic carbocycles. The fourth-order valence-electron chi connectivity index (χ4n) is 1.87. The molecule has 1 radical (unpaired) electrons. The fraction of sp³-hybridized carbons (Fsp3) is 0.0625. The van der Waals surface area contributed by atoms with Crippen LogP contribution in [0.1, 0.15) is 5.56 Å². The number of rotatable bonds is 3. The van der Waals surface area contributed by atoms with E-state index in [2.05, 4.69) is 11.2 Å². The van der Waals surface area contributed by atoms with Crippen LogP contribution in [0.15, 0.2) is 60.7 Å². The quantitative estimate of drug-likeness (QED) is 0.686. The Morgan fingerprint density at radius 1 is 0.947 bits per heavy atom. The number of para-hydroxylation sites is 1. The summed E-state index contributed by atoms with van der Waals surface area (Å²) in [6.45, 7) is 0.552. The van der Waals surface area contributed by atoms with Crippen LogP contribution in [0.2, 0.25) is 0 Å². The number of hydrogen-bond donors (Lipinski definition) is 0. The normalized spacial score (nSPS) is 9.89. The Morgan fingerprint density at radius 3 is 2.63 bits per heavy atom. The summed E-state index contributed by atoms with van der Waals surface area (Å²) < 4.78 is 5.82. The Balaban J connectivity index is 0.00000133. The minimum absolute atomic E-state index is 0. The molecule has 2 nitrogen and oxygen atoms in total. The van der Waals surface area contributed by atoms with Gasteiger partial charge >= 0.3 is 18.6 Å². The van der Waals surface area contributed by atoms with Gasteiger partial charge in [0.1, 0.15) is 6.61 Å². The van der Waals surface area contributed by atoms with Crippen molar-refractivity contribution in [1.82, 2.24) is 4.98 Å². The smallest absolute Gasteiger partial charge is 0.500 e. The molecule has 0 spiro atoms. The Kier molecular flexibility index (Phi) is 4.61. The van der Waals surface area contributed by atoms with Crippen molar-refractivity contribution in [2.75, 3.05) is 0 Å². The van der Waals surface area contributed by atoms with Crippen molar-refractivity contribution in [2.45, 2.75) is 6.61 Å². The first kappa shape index (κ1) is 13.7. The molecular formula is C16H12NOV+. The van der Waals surface area contributed by atoms with Crippen LogP contribution >= 0.6 is 0 Å². The second-order valence-electron chi connectivity index (χ2n) is 4.04. The number of benzene rings is 2. The molecule has 0 bridgehead atoms. The third-order valence-corrected chi connectivity index (χ3v) is 2.78. The van der Waals surface area contributed by atoms with Crippen molar-refractivity contribution in [3.8, 4) is 5.75 Å². The zero-order chi connectivity index (χ0) is 12.2. The molecule has 2 aromatic carbocycles. The standard InChI is InChI=1S/C16H12NO.V/c1-2-6-13(7-3-1)12-18-15-10-4-8-14-9-5-11-17-16(14)15;/h1-10H,12H2;/q-1;+2. The van der Waals surface area contributed by atoms with E-state index in [1.807, 2.05) is 60.7 Å². The van der Waals surface area contributed by atoms with Gasteiger partial charge in [0.25, 0.3) is 0 Å². The summed E-state index contributed by atoms with van der Waals surface area (Å²) in [7, 11) is 0. The summed E-state index contributed by atoms with van der Waals surface area (Å²) in [5.74, 6) is 0.799. The van der Waals surface area contributed by atoms with Gasteiger partial charge in [0.15, 0.2) is 0 Å². The van der Waals surface area contributed by atoms with Crippen LogP contribution in [0.4, 0.5) is 0 Å². The second kappa shape index (κ2) is 6.42. The molecule has 19 heavy (non-hydrogen) atoms. The van der Waals surface area contributed by atoms with Crippen LogP contribution in [0.3, 0.4) is 0 Å². The van der Waals surface area contributed by atoms with Crippen LogP contribution in [0.5, 0.6) is 5.75 Å². The van der Waals surface area contributed by atoms with Crippen LogP contribution in [-0.2, 0) is 25.2 Å². The van der Waals surface area contributed by atoms with Gasteiger partial charge in [0.2, 0.25) is 0 Å². The molecule has 0 N–H and O–H groups in total. The number of pyridine rings is 1. The number of aromatic nitrogens is 1. The van der Waals surface area contributed by atoms with Crippen LogP contribution in [0.25, 0.3) is 10.9 Å². The molecule has 3 aromatic rings. The molecule has 0 atom stereocenters. The van der Waals surface area contributed by atoms with Gasteiger partial charge in [0, 0.05) is 0 Å². The number of ether oxygens (including phenoxy) is 1. The predicted octanol–water partition coefficient (Wildman–Crippen LogP) is 3.61. The van der Waals surface area contributed by atoms with Gasteiger partial charge in [-0.25, -0.2) is 0 Å². The minimum atomic E-state index is 0. The van der Waals surface area contributed by atoms with E-state index in [9.17, 15) is 0 Å². The second-order valence-corrected chi connectivity index (χ2v) is 4.04. The number of fused-ring (bicyclic) bond motifs is 1. The van der Waals surface area contributed by atoms with E-state index in [1.165, 1.54) is 0 Å². The van der Waals surface area contributed by atoms with E-state index in [-0.39, 0.29) is 18.6 Å². The Hall–Kier alpha value is -1.77. The van der Waals surface area contributed by atoms with E-state index >= 15 is 0 Å². The largest absolute Gasteiger partial charge is 2.00 e. The molecule has 0 saturated heterocycles. The summed E-state index contributed by atoms with van der Waals surface area (Å²) in [6.07, 6.45) is 2.84. The molecule has 1 heterocycles. The molecule has 91 valence electrons. The maximum atomic E-state index is 5.82. The van der Waals surface area contributed by atoms with Crippen LogP contribution < -0.4 is 4.74 Å². The van der Waals surface area contributed by atoms with Crippen LogP contribution in [-0.4, -0.2) is 4.98 Å². The molecule has 0 unspecified atom stereocenters. The molecule has 0 saturated carbocycles. The first-order valence-electron chi connectivity index (χ1n) is 5.86. The van der Waals surface area contributed by atoms with Crippen molar-refractivity contribution < 1.29 is 23.3 Å². The summed E-state index contributed by atoms with van der Waals surface area (Å²) >= 11 is 0. The maximum absolute atomic E-state index is 5.82. The number of hydrogen-bond acceptors (Lipinski definition) is 2. The molecule has 1 aromatic heterocycles. The van der Waals surface area contributed by atoms with Gasteiger partial charge in [-0.3, -0.25) is 0 Å². The Labute approximate surface area is 124 Å². The van der Waals surface area contributed by atoms with E-state index in [0.29, 0.717) is 6.61 Å². The van der Waals surface area contributed by atoms with E-state index in [1.54, 1.807) is 0 Å². The third kappa shape index (κ3) is 3.17. The van der Waals surface area contributed by atoms with Crippen molar-refractivity contribution in [3.05, 3.63) is 72.4 Å². The maximum Gasteiger partial charge on any atom is 2.00 e. The average molecular weight is 285 g/mol. The van der Waals surface area contributed by atoms with Gasteiger partial charge in [-0.15, -0.1) is 5.39 Å². The van der Waals surface area contributed by atoms with Crippen molar-refractivity contribution in [1.29, 1.82) is 0 Å². The first-order valence-corrected chi connectivity index (χ1v) is 5.86. The summed E-state index contributed by atoms with van der Waals surface area (Å²) in [5, 5.41) is 1.07. The summed E-state index contributed by atoms with van der Waals surface area (Å²) in [6, 6.07) is 19.8. The first-order chi connectivity index (χ1) is 8.93. The van der Waals surface area contributed by atoms with Gasteiger partial charge in [-0.05, 0) is 17.1 Å². The van der Waals surface area contributed by atoms with Gasteiger partial charge in [0.05, 0.1) is 5.75 Å². The molecule has 0 aliphatic rings. The predicted molar refractivity (Wildman–Crippen MR) is 71.4 cm³/mol. The van der Waals surface area contributed by atoms with Crippen molar-refractivity contribution >= 4 is 10.9 Å². The fourth-order valence-corrected chi connectivity index (χ4v) is 1.87. The molecular weight excluding hydrogens is 273 g/mol. The number of nitrogens with zero attached hydrogens (tertiary/aromatic N) is 1. The van der Waals surface area contributed by atoms with Crippen LogP contribution in [0, 0.1) is 6.20 Å². The topological polar surface area (TPSA) is 22.1 Å². The Morgan fingerprint density at radius 2 is 1.79 bits per heavy atom. The van der Waals surface area contributed by atoms with Crippen molar-refractivity contribution in [2.24, 2.45) is 0 Å². The summed E-state index contributed by atoms with van der Waals surface area (Å²) in [5.41, 5.74) is 2.00. The van der Waals surface area contributed by atoms with Gasteiger partial charge < -0.3 is 9.72 Å². The molecule has 0 aliphatic heterocycles. The zero-order valence-electron chi connectivity index (χ0n) is 10.3. The van der Waals surface area contributed by atoms with E-state index in [0.717, 1.165) is 22.2 Å². The monoisotopic (exact) mass is 285 g/mol. The molecule has 0 amide bonds. The Bertz CT molecular complexity index is 650. The molecule has 3 heteroatoms. The molecule has 3 rings (SSSR count). The minimum Gasteiger partial charge on any atom is -0.500 e. The average Bonchev–Trinajstić information content (AvgIpc) is 2.46. The summed E-state index contributed by atoms with van der Waals surface area (Å²) in [4.78, 5) is 4.24. The molecule has 0 fully saturated rings.